The third-order valence-electron chi connectivity index (χ3n) is 4.36. The van der Waals surface area contributed by atoms with Crippen LogP contribution in [-0.2, 0) is 10.0 Å². The first kappa shape index (κ1) is 18.7. The van der Waals surface area contributed by atoms with Gasteiger partial charge in [-0.15, -0.1) is 0 Å². The van der Waals surface area contributed by atoms with Gasteiger partial charge in [0.25, 0.3) is 0 Å². The summed E-state index contributed by atoms with van der Waals surface area (Å²) in [4.78, 5) is 2.73. The van der Waals surface area contributed by atoms with Crippen molar-refractivity contribution in [3.05, 3.63) is 29.3 Å². The lowest BCUT2D eigenvalue weighted by atomic mass is 10.1. The van der Waals surface area contributed by atoms with Crippen molar-refractivity contribution < 1.29 is 8.42 Å². The fraction of sp³-hybridized carbons (Fsp3) is 0.647. The van der Waals surface area contributed by atoms with Crippen molar-refractivity contribution in [3.63, 3.8) is 0 Å². The Hall–Kier alpha value is -0.620. The highest BCUT2D eigenvalue weighted by Crippen LogP contribution is 2.17. The molecule has 0 bridgehead atoms. The fourth-order valence-electron chi connectivity index (χ4n) is 2.94. The first-order valence-corrected chi connectivity index (χ1v) is 10.4. The number of rotatable bonds is 8. The van der Waals surface area contributed by atoms with Crippen LogP contribution in [0.1, 0.15) is 45.4 Å². The second-order valence-corrected chi connectivity index (χ2v) is 8.40. The zero-order chi connectivity index (χ0) is 16.7. The Bertz CT molecular complexity index is 567. The molecule has 0 radical (unpaired) electrons. The van der Waals surface area contributed by atoms with Gasteiger partial charge in [-0.1, -0.05) is 37.8 Å². The number of nitrogens with zero attached hydrogens (tertiary/aromatic N) is 1. The van der Waals surface area contributed by atoms with Gasteiger partial charge in [0, 0.05) is 11.1 Å². The molecule has 23 heavy (non-hydrogen) atoms. The summed E-state index contributed by atoms with van der Waals surface area (Å²) in [6, 6.07) is 6.34. The van der Waals surface area contributed by atoms with Crippen LogP contribution in [0.3, 0.4) is 0 Å². The minimum atomic E-state index is -3.45. The number of piperidine rings is 1. The molecular formula is C17H27ClN2O2S. The highest BCUT2D eigenvalue weighted by atomic mass is 35.5. The monoisotopic (exact) mass is 358 g/mol. The van der Waals surface area contributed by atoms with Gasteiger partial charge < -0.3 is 4.90 Å². The molecule has 130 valence electrons. The zero-order valence-electron chi connectivity index (χ0n) is 13.8. The number of likely N-dealkylation sites (tertiary alicyclic amines) is 1. The Morgan fingerprint density at radius 3 is 2.39 bits per heavy atom. The van der Waals surface area contributed by atoms with Gasteiger partial charge in [0.1, 0.15) is 0 Å². The first-order chi connectivity index (χ1) is 11.0. The molecule has 0 spiro atoms. The van der Waals surface area contributed by atoms with Crippen LogP contribution in [0.4, 0.5) is 0 Å². The molecule has 1 fully saturated rings. The van der Waals surface area contributed by atoms with Gasteiger partial charge in [-0.3, -0.25) is 0 Å². The zero-order valence-corrected chi connectivity index (χ0v) is 15.4. The van der Waals surface area contributed by atoms with E-state index in [1.165, 1.54) is 25.7 Å². The Morgan fingerprint density at radius 1 is 1.13 bits per heavy atom. The number of benzene rings is 1. The third-order valence-corrected chi connectivity index (χ3v) is 6.15. The molecule has 4 nitrogen and oxygen atoms in total. The summed E-state index contributed by atoms with van der Waals surface area (Å²) in [7, 11) is -3.45. The quantitative estimate of drug-likeness (QED) is 0.721. The lowest BCUT2D eigenvalue weighted by Gasteiger charge is -2.32. The molecule has 6 heteroatoms. The molecule has 1 heterocycles. The SMILES string of the molecule is CCCCCCN1CCC(NS(=O)(=O)c2ccc(Cl)cc2)CC1. The lowest BCUT2D eigenvalue weighted by molar-refractivity contribution is 0.203. The second kappa shape index (κ2) is 9.02. The van der Waals surface area contributed by atoms with E-state index in [1.807, 2.05) is 0 Å². The predicted octanol–water partition coefficient (Wildman–Crippen LogP) is 3.66. The molecule has 0 unspecified atom stereocenters. The summed E-state index contributed by atoms with van der Waals surface area (Å²) < 4.78 is 27.6. The number of hydrogen-bond donors (Lipinski definition) is 1. The maximum atomic E-state index is 12.4. The van der Waals surface area contributed by atoms with Crippen LogP contribution in [0.5, 0.6) is 0 Å². The molecule has 1 aromatic carbocycles. The summed E-state index contributed by atoms with van der Waals surface area (Å²) in [5.41, 5.74) is 0. The van der Waals surface area contributed by atoms with Gasteiger partial charge in [0.2, 0.25) is 10.0 Å². The highest BCUT2D eigenvalue weighted by molar-refractivity contribution is 7.89. The van der Waals surface area contributed by atoms with Crippen molar-refractivity contribution in [2.45, 2.75) is 56.4 Å². The van der Waals surface area contributed by atoms with E-state index in [2.05, 4.69) is 16.5 Å². The average Bonchev–Trinajstić information content (AvgIpc) is 2.53. The van der Waals surface area contributed by atoms with Crippen molar-refractivity contribution in [1.29, 1.82) is 0 Å². The lowest BCUT2D eigenvalue weighted by Crippen LogP contribution is -2.44. The van der Waals surface area contributed by atoms with Gasteiger partial charge in [-0.25, -0.2) is 13.1 Å². The van der Waals surface area contributed by atoms with Crippen LogP contribution in [-0.4, -0.2) is 39.0 Å². The van der Waals surface area contributed by atoms with Crippen LogP contribution < -0.4 is 4.72 Å². The van der Waals surface area contributed by atoms with Gasteiger partial charge >= 0.3 is 0 Å². The summed E-state index contributed by atoms with van der Waals surface area (Å²) >= 11 is 5.81. The number of sulfonamides is 1. The molecule has 1 aromatic rings. The predicted molar refractivity (Wildman–Crippen MR) is 95.4 cm³/mol. The molecule has 0 aliphatic carbocycles. The molecule has 0 saturated carbocycles. The van der Waals surface area contributed by atoms with Crippen molar-refractivity contribution in [2.75, 3.05) is 19.6 Å². The largest absolute Gasteiger partial charge is 0.303 e. The van der Waals surface area contributed by atoms with E-state index in [0.29, 0.717) is 5.02 Å². The van der Waals surface area contributed by atoms with Gasteiger partial charge in [-0.05, 0) is 63.2 Å². The van der Waals surface area contributed by atoms with E-state index in [0.717, 1.165) is 32.5 Å². The number of unbranched alkanes of at least 4 members (excludes halogenated alkanes) is 3. The van der Waals surface area contributed by atoms with Crippen molar-refractivity contribution in [3.8, 4) is 0 Å². The van der Waals surface area contributed by atoms with Crippen molar-refractivity contribution in [2.24, 2.45) is 0 Å². The van der Waals surface area contributed by atoms with Crippen LogP contribution in [0.2, 0.25) is 5.02 Å². The van der Waals surface area contributed by atoms with E-state index in [1.54, 1.807) is 24.3 Å². The van der Waals surface area contributed by atoms with Gasteiger partial charge in [0.15, 0.2) is 0 Å². The van der Waals surface area contributed by atoms with E-state index in [9.17, 15) is 8.42 Å². The Morgan fingerprint density at radius 2 is 1.78 bits per heavy atom. The molecule has 0 amide bonds. The molecular weight excluding hydrogens is 332 g/mol. The van der Waals surface area contributed by atoms with E-state index in [4.69, 9.17) is 11.6 Å². The maximum Gasteiger partial charge on any atom is 0.240 e. The summed E-state index contributed by atoms with van der Waals surface area (Å²) in [5.74, 6) is 0. The minimum Gasteiger partial charge on any atom is -0.303 e. The molecule has 0 aromatic heterocycles. The number of hydrogen-bond acceptors (Lipinski definition) is 3. The maximum absolute atomic E-state index is 12.4. The van der Waals surface area contributed by atoms with Crippen LogP contribution in [0.25, 0.3) is 0 Å². The van der Waals surface area contributed by atoms with Crippen molar-refractivity contribution >= 4 is 21.6 Å². The smallest absolute Gasteiger partial charge is 0.240 e. The summed E-state index contributed by atoms with van der Waals surface area (Å²) in [5, 5.41) is 0.542. The average molecular weight is 359 g/mol. The Labute approximate surface area is 145 Å². The standard InChI is InChI=1S/C17H27ClN2O2S/c1-2-3-4-5-12-20-13-10-16(11-14-20)19-23(21,22)17-8-6-15(18)7-9-17/h6-9,16,19H,2-5,10-14H2,1H3. The van der Waals surface area contributed by atoms with Gasteiger partial charge in [-0.2, -0.15) is 0 Å². The van der Waals surface area contributed by atoms with E-state index >= 15 is 0 Å². The normalized spacial score (nSPS) is 17.5. The van der Waals surface area contributed by atoms with Crippen LogP contribution >= 0.6 is 11.6 Å². The minimum absolute atomic E-state index is 0.0302. The van der Waals surface area contributed by atoms with Crippen LogP contribution in [0, 0.1) is 0 Å². The second-order valence-electron chi connectivity index (χ2n) is 6.25. The van der Waals surface area contributed by atoms with Crippen LogP contribution in [0.15, 0.2) is 29.2 Å². The molecule has 0 atom stereocenters. The van der Waals surface area contributed by atoms with Crippen molar-refractivity contribution in [1.82, 2.24) is 9.62 Å². The molecule has 1 saturated heterocycles. The summed E-state index contributed by atoms with van der Waals surface area (Å²) in [6.45, 7) is 5.30. The molecule has 2 rings (SSSR count). The number of nitrogens with one attached hydrogen (secondary N) is 1. The molecule has 1 N–H and O–H groups in total. The van der Waals surface area contributed by atoms with Gasteiger partial charge in [0.05, 0.1) is 4.90 Å². The number of halogens is 1. The Kier molecular flexibility index (Phi) is 7.34. The highest BCUT2D eigenvalue weighted by Gasteiger charge is 2.24. The molecule has 1 aliphatic heterocycles. The molecule has 1 aliphatic rings. The first-order valence-electron chi connectivity index (χ1n) is 8.51. The fourth-order valence-corrected chi connectivity index (χ4v) is 4.37. The topological polar surface area (TPSA) is 49.4 Å². The van der Waals surface area contributed by atoms with E-state index in [-0.39, 0.29) is 10.9 Å². The summed E-state index contributed by atoms with van der Waals surface area (Å²) in [6.07, 6.45) is 6.85. The van der Waals surface area contributed by atoms with E-state index < -0.39 is 10.0 Å². The third kappa shape index (κ3) is 6.07. The Balaban J connectivity index is 1.78.